The molecule has 0 aliphatic carbocycles. The lowest BCUT2D eigenvalue weighted by molar-refractivity contribution is -0.131. The van der Waals surface area contributed by atoms with E-state index in [1.165, 1.54) is 22.3 Å². The molecule has 0 saturated carbocycles. The number of hydrogen-bond acceptors (Lipinski definition) is 2. The van der Waals surface area contributed by atoms with E-state index in [0.717, 1.165) is 38.6 Å². The van der Waals surface area contributed by atoms with Gasteiger partial charge in [-0.25, -0.2) is 0 Å². The average molecular weight is 364 g/mol. The second-order valence-electron chi connectivity index (χ2n) is 6.96. The smallest absolute Gasteiger partial charge is 0.223 e. The first-order chi connectivity index (χ1) is 13.2. The molecular weight excluding hydrogens is 336 g/mol. The Morgan fingerprint density at radius 2 is 1.81 bits per heavy atom. The molecule has 0 bridgehead atoms. The highest BCUT2D eigenvalue weighted by molar-refractivity contribution is 5.80. The van der Waals surface area contributed by atoms with Gasteiger partial charge in [-0.3, -0.25) is 9.79 Å². The van der Waals surface area contributed by atoms with Crippen LogP contribution in [0.5, 0.6) is 0 Å². The number of carbonyl (C=O) groups excluding carboxylic acids is 1. The predicted molar refractivity (Wildman–Crippen MR) is 109 cm³/mol. The molecule has 0 aromatic heterocycles. The van der Waals surface area contributed by atoms with Crippen molar-refractivity contribution >= 4 is 11.9 Å². The lowest BCUT2D eigenvalue weighted by atomic mass is 10.1. The summed E-state index contributed by atoms with van der Waals surface area (Å²) in [6.07, 6.45) is 1.34. The molecule has 27 heavy (non-hydrogen) atoms. The van der Waals surface area contributed by atoms with Crippen LogP contribution in [-0.4, -0.2) is 30.4 Å². The molecule has 2 aromatic rings. The van der Waals surface area contributed by atoms with Gasteiger partial charge < -0.3 is 15.5 Å². The lowest BCUT2D eigenvalue weighted by Crippen LogP contribution is -2.37. The van der Waals surface area contributed by atoms with E-state index >= 15 is 0 Å². The first-order valence-corrected chi connectivity index (χ1v) is 9.50. The summed E-state index contributed by atoms with van der Waals surface area (Å²) in [5.41, 5.74) is 5.01. The summed E-state index contributed by atoms with van der Waals surface area (Å²) in [5, 5.41) is 6.60. The number of amides is 1. The standard InChI is InChI=1S/C22H28N4O/c1-17-7-5-8-18(13-17)14-25-22(23-2)24-12-6-11-21(27)26-15-19-9-3-4-10-20(19)16-26/h3-5,7-10,13H,6,11-12,14-16H2,1-2H3,(H2,23,24,25). The largest absolute Gasteiger partial charge is 0.356 e. The Kier molecular flexibility index (Phi) is 6.47. The minimum Gasteiger partial charge on any atom is -0.356 e. The van der Waals surface area contributed by atoms with Crippen molar-refractivity contribution < 1.29 is 4.79 Å². The number of fused-ring (bicyclic) bond motifs is 1. The molecule has 0 fully saturated rings. The Bertz CT molecular complexity index is 790. The van der Waals surface area contributed by atoms with Gasteiger partial charge >= 0.3 is 0 Å². The number of rotatable bonds is 6. The summed E-state index contributed by atoms with van der Waals surface area (Å²) in [4.78, 5) is 18.6. The van der Waals surface area contributed by atoms with Gasteiger partial charge in [0.05, 0.1) is 0 Å². The van der Waals surface area contributed by atoms with Crippen molar-refractivity contribution in [2.45, 2.75) is 39.4 Å². The number of aliphatic imine (C=N–C) groups is 1. The Balaban J connectivity index is 1.36. The Hall–Kier alpha value is -2.82. The zero-order chi connectivity index (χ0) is 19.1. The fourth-order valence-corrected chi connectivity index (χ4v) is 3.34. The van der Waals surface area contributed by atoms with Crippen molar-refractivity contribution in [2.75, 3.05) is 13.6 Å². The van der Waals surface area contributed by atoms with Crippen molar-refractivity contribution in [2.24, 2.45) is 4.99 Å². The molecule has 5 heteroatoms. The molecule has 1 amide bonds. The molecule has 0 atom stereocenters. The molecule has 2 N–H and O–H groups in total. The van der Waals surface area contributed by atoms with E-state index in [0.29, 0.717) is 6.42 Å². The van der Waals surface area contributed by atoms with Gasteiger partial charge in [0.25, 0.3) is 0 Å². The van der Waals surface area contributed by atoms with Crippen LogP contribution < -0.4 is 10.6 Å². The second kappa shape index (κ2) is 9.21. The first kappa shape index (κ1) is 19.0. The zero-order valence-corrected chi connectivity index (χ0v) is 16.2. The van der Waals surface area contributed by atoms with Crippen LogP contribution in [0.15, 0.2) is 53.5 Å². The Labute approximate surface area is 161 Å². The van der Waals surface area contributed by atoms with E-state index in [1.807, 2.05) is 17.0 Å². The third-order valence-corrected chi connectivity index (χ3v) is 4.82. The summed E-state index contributed by atoms with van der Waals surface area (Å²) in [6.45, 7) is 5.02. The topological polar surface area (TPSA) is 56.7 Å². The monoisotopic (exact) mass is 364 g/mol. The van der Waals surface area contributed by atoms with Crippen LogP contribution in [0.4, 0.5) is 0 Å². The maximum atomic E-state index is 12.4. The lowest BCUT2D eigenvalue weighted by Gasteiger charge is -2.16. The molecule has 0 saturated heterocycles. The summed E-state index contributed by atoms with van der Waals surface area (Å²) in [5.74, 6) is 0.980. The molecule has 142 valence electrons. The van der Waals surface area contributed by atoms with E-state index in [4.69, 9.17) is 0 Å². The number of nitrogens with zero attached hydrogens (tertiary/aromatic N) is 2. The molecule has 1 heterocycles. The van der Waals surface area contributed by atoms with Crippen LogP contribution in [-0.2, 0) is 24.4 Å². The number of hydrogen-bond donors (Lipinski definition) is 2. The number of nitrogens with one attached hydrogen (secondary N) is 2. The molecule has 0 radical (unpaired) electrons. The summed E-state index contributed by atoms with van der Waals surface area (Å²) < 4.78 is 0. The fourth-order valence-electron chi connectivity index (χ4n) is 3.34. The van der Waals surface area contributed by atoms with Crippen molar-refractivity contribution in [3.63, 3.8) is 0 Å². The molecule has 1 aliphatic heterocycles. The Morgan fingerprint density at radius 3 is 2.48 bits per heavy atom. The van der Waals surface area contributed by atoms with Gasteiger partial charge in [-0.1, -0.05) is 54.1 Å². The number of aryl methyl sites for hydroxylation is 1. The van der Waals surface area contributed by atoms with Gasteiger partial charge in [0.1, 0.15) is 0 Å². The van der Waals surface area contributed by atoms with E-state index in [1.54, 1.807) is 7.05 Å². The van der Waals surface area contributed by atoms with E-state index in [-0.39, 0.29) is 5.91 Å². The van der Waals surface area contributed by atoms with Gasteiger partial charge in [0.15, 0.2) is 5.96 Å². The SMILES string of the molecule is CN=C(NCCCC(=O)N1Cc2ccccc2C1)NCc1cccc(C)c1. The van der Waals surface area contributed by atoms with Crippen molar-refractivity contribution in [1.82, 2.24) is 15.5 Å². The van der Waals surface area contributed by atoms with Crippen LogP contribution in [0.25, 0.3) is 0 Å². The maximum absolute atomic E-state index is 12.4. The molecule has 1 aliphatic rings. The number of benzene rings is 2. The van der Waals surface area contributed by atoms with Crippen molar-refractivity contribution in [3.8, 4) is 0 Å². The van der Waals surface area contributed by atoms with E-state index in [9.17, 15) is 4.79 Å². The van der Waals surface area contributed by atoms with Crippen LogP contribution in [0.2, 0.25) is 0 Å². The second-order valence-corrected chi connectivity index (χ2v) is 6.96. The summed E-state index contributed by atoms with van der Waals surface area (Å²) in [7, 11) is 1.76. The summed E-state index contributed by atoms with van der Waals surface area (Å²) >= 11 is 0. The predicted octanol–water partition coefficient (Wildman–Crippen LogP) is 2.98. The van der Waals surface area contributed by atoms with E-state index < -0.39 is 0 Å². The van der Waals surface area contributed by atoms with Gasteiger partial charge in [-0.05, 0) is 30.0 Å². The molecule has 3 rings (SSSR count). The third kappa shape index (κ3) is 5.33. The summed E-state index contributed by atoms with van der Waals surface area (Å²) in [6, 6.07) is 16.7. The molecule has 0 spiro atoms. The normalized spacial score (nSPS) is 13.4. The highest BCUT2D eigenvalue weighted by Gasteiger charge is 2.22. The highest BCUT2D eigenvalue weighted by atomic mass is 16.2. The van der Waals surface area contributed by atoms with Crippen LogP contribution in [0.3, 0.4) is 0 Å². The van der Waals surface area contributed by atoms with Crippen LogP contribution >= 0.6 is 0 Å². The number of guanidine groups is 1. The van der Waals surface area contributed by atoms with Crippen LogP contribution in [0.1, 0.15) is 35.1 Å². The third-order valence-electron chi connectivity index (χ3n) is 4.82. The average Bonchev–Trinajstić information content (AvgIpc) is 3.11. The quantitative estimate of drug-likeness (QED) is 0.471. The zero-order valence-electron chi connectivity index (χ0n) is 16.2. The first-order valence-electron chi connectivity index (χ1n) is 9.50. The van der Waals surface area contributed by atoms with Gasteiger partial charge in [0, 0.05) is 39.6 Å². The van der Waals surface area contributed by atoms with Crippen LogP contribution in [0, 0.1) is 6.92 Å². The fraction of sp³-hybridized carbons (Fsp3) is 0.364. The maximum Gasteiger partial charge on any atom is 0.223 e. The minimum atomic E-state index is 0.218. The van der Waals surface area contributed by atoms with Crippen molar-refractivity contribution in [3.05, 3.63) is 70.8 Å². The highest BCUT2D eigenvalue weighted by Crippen LogP contribution is 2.22. The van der Waals surface area contributed by atoms with Gasteiger partial charge in [-0.15, -0.1) is 0 Å². The molecule has 5 nitrogen and oxygen atoms in total. The van der Waals surface area contributed by atoms with Gasteiger partial charge in [0.2, 0.25) is 5.91 Å². The van der Waals surface area contributed by atoms with Crippen molar-refractivity contribution in [1.29, 1.82) is 0 Å². The molecular formula is C22H28N4O. The molecule has 0 unspecified atom stereocenters. The number of carbonyl (C=O) groups is 1. The molecule has 2 aromatic carbocycles. The minimum absolute atomic E-state index is 0.218. The van der Waals surface area contributed by atoms with E-state index in [2.05, 4.69) is 58.9 Å². The Morgan fingerprint density at radius 1 is 1.07 bits per heavy atom. The van der Waals surface area contributed by atoms with Gasteiger partial charge in [-0.2, -0.15) is 0 Å².